The van der Waals surface area contributed by atoms with Crippen molar-refractivity contribution in [3.8, 4) is 5.75 Å². The summed E-state index contributed by atoms with van der Waals surface area (Å²) in [5, 5.41) is 3.85. The van der Waals surface area contributed by atoms with Crippen LogP contribution < -0.4 is 10.1 Å². The lowest BCUT2D eigenvalue weighted by Crippen LogP contribution is -2.25. The molecule has 0 fully saturated rings. The van der Waals surface area contributed by atoms with E-state index in [4.69, 9.17) is 4.74 Å². The molecule has 1 amide bonds. The van der Waals surface area contributed by atoms with Gasteiger partial charge in [0.25, 0.3) is 5.91 Å². The summed E-state index contributed by atoms with van der Waals surface area (Å²) in [5.74, 6) is -0.306. The van der Waals surface area contributed by atoms with Crippen LogP contribution in [-0.2, 0) is 0 Å². The molecular formula is C19H19FN2O2. The summed E-state index contributed by atoms with van der Waals surface area (Å²) >= 11 is 0. The summed E-state index contributed by atoms with van der Waals surface area (Å²) < 4.78 is 18.7. The van der Waals surface area contributed by atoms with Crippen LogP contribution in [0.1, 0.15) is 22.5 Å². The third kappa shape index (κ3) is 3.74. The van der Waals surface area contributed by atoms with Crippen LogP contribution >= 0.6 is 0 Å². The Bertz CT molecular complexity index is 857. The van der Waals surface area contributed by atoms with Crippen molar-refractivity contribution < 1.29 is 13.9 Å². The van der Waals surface area contributed by atoms with Gasteiger partial charge >= 0.3 is 0 Å². The highest BCUT2D eigenvalue weighted by Gasteiger charge is 2.09. The Kier molecular flexibility index (Phi) is 4.79. The lowest BCUT2D eigenvalue weighted by Gasteiger charge is -2.07. The molecule has 0 aliphatic rings. The second-order valence-corrected chi connectivity index (χ2v) is 5.66. The average Bonchev–Trinajstić information content (AvgIpc) is 2.99. The molecule has 24 heavy (non-hydrogen) atoms. The predicted molar refractivity (Wildman–Crippen MR) is 91.9 cm³/mol. The maximum absolute atomic E-state index is 13.4. The first-order valence-corrected chi connectivity index (χ1v) is 7.88. The van der Waals surface area contributed by atoms with Gasteiger partial charge in [0.2, 0.25) is 0 Å². The predicted octanol–water partition coefficient (Wildman–Crippen LogP) is 3.81. The second-order valence-electron chi connectivity index (χ2n) is 5.66. The summed E-state index contributed by atoms with van der Waals surface area (Å²) in [7, 11) is 0. The van der Waals surface area contributed by atoms with E-state index in [0.29, 0.717) is 25.3 Å². The number of rotatable bonds is 6. The Morgan fingerprint density at radius 1 is 1.21 bits per heavy atom. The van der Waals surface area contributed by atoms with Gasteiger partial charge in [-0.2, -0.15) is 0 Å². The van der Waals surface area contributed by atoms with Crippen LogP contribution in [0.4, 0.5) is 4.39 Å². The number of H-pyrrole nitrogens is 1. The first-order valence-electron chi connectivity index (χ1n) is 7.88. The number of halogens is 1. The molecule has 0 spiro atoms. The van der Waals surface area contributed by atoms with Crippen molar-refractivity contribution >= 4 is 16.8 Å². The zero-order chi connectivity index (χ0) is 16.9. The Hall–Kier alpha value is -2.82. The van der Waals surface area contributed by atoms with E-state index in [1.165, 1.54) is 6.07 Å². The Balaban J connectivity index is 1.47. The monoisotopic (exact) mass is 326 g/mol. The molecule has 2 N–H and O–H groups in total. The van der Waals surface area contributed by atoms with Gasteiger partial charge in [0.05, 0.1) is 6.61 Å². The number of nitrogens with one attached hydrogen (secondary N) is 2. The Morgan fingerprint density at radius 2 is 2.04 bits per heavy atom. The minimum atomic E-state index is -0.380. The summed E-state index contributed by atoms with van der Waals surface area (Å²) in [6.07, 6.45) is 0.597. The quantitative estimate of drug-likeness (QED) is 0.677. The van der Waals surface area contributed by atoms with E-state index in [1.54, 1.807) is 18.2 Å². The van der Waals surface area contributed by atoms with Crippen molar-refractivity contribution in [2.24, 2.45) is 0 Å². The fourth-order valence-corrected chi connectivity index (χ4v) is 2.49. The molecular weight excluding hydrogens is 307 g/mol. The number of amides is 1. The number of hydrogen-bond acceptors (Lipinski definition) is 2. The third-order valence-electron chi connectivity index (χ3n) is 3.72. The molecule has 0 aliphatic carbocycles. The number of benzene rings is 2. The number of hydrogen-bond donors (Lipinski definition) is 2. The van der Waals surface area contributed by atoms with Gasteiger partial charge in [0.15, 0.2) is 11.6 Å². The van der Waals surface area contributed by atoms with Gasteiger partial charge < -0.3 is 15.0 Å². The third-order valence-corrected chi connectivity index (χ3v) is 3.72. The Morgan fingerprint density at radius 3 is 2.88 bits per heavy atom. The van der Waals surface area contributed by atoms with Gasteiger partial charge in [-0.25, -0.2) is 4.39 Å². The first-order chi connectivity index (χ1) is 11.6. The number of fused-ring (bicyclic) bond motifs is 1. The fourth-order valence-electron chi connectivity index (χ4n) is 2.49. The van der Waals surface area contributed by atoms with E-state index in [2.05, 4.69) is 10.3 Å². The van der Waals surface area contributed by atoms with Gasteiger partial charge in [0, 0.05) is 17.4 Å². The second kappa shape index (κ2) is 7.17. The van der Waals surface area contributed by atoms with Crippen LogP contribution in [-0.4, -0.2) is 24.0 Å². The van der Waals surface area contributed by atoms with Crippen molar-refractivity contribution in [3.05, 3.63) is 65.6 Å². The van der Waals surface area contributed by atoms with E-state index in [-0.39, 0.29) is 17.5 Å². The first kappa shape index (κ1) is 16.1. The van der Waals surface area contributed by atoms with E-state index >= 15 is 0 Å². The van der Waals surface area contributed by atoms with Crippen LogP contribution in [0.25, 0.3) is 10.9 Å². The number of aromatic nitrogens is 1. The van der Waals surface area contributed by atoms with Gasteiger partial charge in [-0.05, 0) is 43.7 Å². The highest BCUT2D eigenvalue weighted by atomic mass is 19.1. The van der Waals surface area contributed by atoms with Crippen molar-refractivity contribution in [3.63, 3.8) is 0 Å². The highest BCUT2D eigenvalue weighted by molar-refractivity contribution is 5.98. The number of para-hydroxylation sites is 1. The molecule has 4 nitrogen and oxygen atoms in total. The molecule has 0 aliphatic heterocycles. The molecule has 0 atom stereocenters. The van der Waals surface area contributed by atoms with Gasteiger partial charge in [-0.1, -0.05) is 23.8 Å². The zero-order valence-corrected chi connectivity index (χ0v) is 13.4. The molecule has 1 heterocycles. The fraction of sp³-hybridized carbons (Fsp3) is 0.211. The molecule has 0 saturated heterocycles. The molecule has 3 aromatic rings. The minimum Gasteiger partial charge on any atom is -0.490 e. The van der Waals surface area contributed by atoms with Crippen LogP contribution in [0, 0.1) is 12.7 Å². The molecule has 0 radical (unpaired) electrons. The molecule has 0 saturated carbocycles. The van der Waals surface area contributed by atoms with Crippen LogP contribution in [0.15, 0.2) is 48.5 Å². The molecule has 1 aromatic heterocycles. The van der Waals surface area contributed by atoms with Gasteiger partial charge in [-0.3, -0.25) is 4.79 Å². The normalized spacial score (nSPS) is 10.8. The number of carbonyl (C=O) groups excluding carboxylic acids is 1. The maximum Gasteiger partial charge on any atom is 0.267 e. The molecule has 3 rings (SSSR count). The smallest absolute Gasteiger partial charge is 0.267 e. The van der Waals surface area contributed by atoms with Crippen LogP contribution in [0.2, 0.25) is 0 Å². The molecule has 124 valence electrons. The standard InChI is InChI=1S/C19H19FN2O2/c1-13-7-8-16-14(11-13)12-17(22-16)19(23)21-9-4-10-24-18-6-3-2-5-15(18)20/h2-3,5-8,11-12,22H,4,9-10H2,1H3,(H,21,23). The minimum absolute atomic E-state index is 0.158. The molecule has 0 unspecified atom stereocenters. The van der Waals surface area contributed by atoms with Gasteiger partial charge in [0.1, 0.15) is 5.69 Å². The molecule has 5 heteroatoms. The largest absolute Gasteiger partial charge is 0.490 e. The molecule has 0 bridgehead atoms. The SMILES string of the molecule is Cc1ccc2[nH]c(C(=O)NCCCOc3ccccc3F)cc2c1. The van der Waals surface area contributed by atoms with Crippen molar-refractivity contribution in [2.75, 3.05) is 13.2 Å². The van der Waals surface area contributed by atoms with Crippen LogP contribution in [0.5, 0.6) is 5.75 Å². The number of aryl methyl sites for hydroxylation is 1. The van der Waals surface area contributed by atoms with Crippen molar-refractivity contribution in [2.45, 2.75) is 13.3 Å². The van der Waals surface area contributed by atoms with Gasteiger partial charge in [-0.15, -0.1) is 0 Å². The highest BCUT2D eigenvalue weighted by Crippen LogP contribution is 2.17. The Labute approximate surface area is 139 Å². The van der Waals surface area contributed by atoms with Crippen molar-refractivity contribution in [1.82, 2.24) is 10.3 Å². The molecule has 2 aromatic carbocycles. The average molecular weight is 326 g/mol. The number of carbonyl (C=O) groups is 1. The number of ether oxygens (including phenoxy) is 1. The summed E-state index contributed by atoms with van der Waals surface area (Å²) in [6, 6.07) is 14.1. The van der Waals surface area contributed by atoms with Crippen LogP contribution in [0.3, 0.4) is 0 Å². The van der Waals surface area contributed by atoms with E-state index in [0.717, 1.165) is 16.5 Å². The maximum atomic E-state index is 13.4. The van der Waals surface area contributed by atoms with E-state index in [9.17, 15) is 9.18 Å². The number of aromatic amines is 1. The topological polar surface area (TPSA) is 54.1 Å². The van der Waals surface area contributed by atoms with E-state index < -0.39 is 0 Å². The summed E-state index contributed by atoms with van der Waals surface area (Å²) in [5.41, 5.74) is 2.62. The summed E-state index contributed by atoms with van der Waals surface area (Å²) in [6.45, 7) is 2.82. The van der Waals surface area contributed by atoms with Crippen molar-refractivity contribution in [1.29, 1.82) is 0 Å². The van der Waals surface area contributed by atoms with E-state index in [1.807, 2.05) is 31.2 Å². The zero-order valence-electron chi connectivity index (χ0n) is 13.4. The summed E-state index contributed by atoms with van der Waals surface area (Å²) in [4.78, 5) is 15.2. The lowest BCUT2D eigenvalue weighted by atomic mass is 10.2. The lowest BCUT2D eigenvalue weighted by molar-refractivity contribution is 0.0947.